The minimum atomic E-state index is 0.614. The van der Waals surface area contributed by atoms with E-state index in [4.69, 9.17) is 10.00 Å². The fourth-order valence-electron chi connectivity index (χ4n) is 1.87. The maximum atomic E-state index is 8.74. The molecule has 0 bridgehead atoms. The molecule has 0 aromatic heterocycles. The molecule has 112 valence electrons. The quantitative estimate of drug-likeness (QED) is 0.497. The standard InChI is InChI=1S/C18H19N3O/c1-2-3-4-13-22-18-11-9-17(10-12-18)21-20-16-7-5-15(14-19)6-8-16/h5-12H,2-4,13H2,1H3. The molecule has 0 aliphatic carbocycles. The third-order valence-corrected chi connectivity index (χ3v) is 3.13. The molecule has 0 atom stereocenters. The van der Waals surface area contributed by atoms with Gasteiger partial charge >= 0.3 is 0 Å². The summed E-state index contributed by atoms with van der Waals surface area (Å²) in [5.74, 6) is 0.855. The van der Waals surface area contributed by atoms with Gasteiger partial charge in [0.2, 0.25) is 0 Å². The molecule has 0 aliphatic heterocycles. The minimum Gasteiger partial charge on any atom is -0.494 e. The van der Waals surface area contributed by atoms with Crippen molar-refractivity contribution in [1.82, 2.24) is 0 Å². The highest BCUT2D eigenvalue weighted by Gasteiger charge is 1.96. The van der Waals surface area contributed by atoms with E-state index in [9.17, 15) is 0 Å². The van der Waals surface area contributed by atoms with Crippen LogP contribution in [-0.2, 0) is 0 Å². The normalized spacial score (nSPS) is 10.5. The van der Waals surface area contributed by atoms with Gasteiger partial charge in [-0.15, -0.1) is 0 Å². The number of hydrogen-bond donors (Lipinski definition) is 0. The monoisotopic (exact) mass is 293 g/mol. The van der Waals surface area contributed by atoms with Gasteiger partial charge in [-0.3, -0.25) is 0 Å². The van der Waals surface area contributed by atoms with Crippen LogP contribution in [0.3, 0.4) is 0 Å². The molecule has 0 fully saturated rings. The van der Waals surface area contributed by atoms with E-state index in [1.54, 1.807) is 24.3 Å². The number of ether oxygens (including phenoxy) is 1. The van der Waals surface area contributed by atoms with Gasteiger partial charge in [-0.1, -0.05) is 19.8 Å². The van der Waals surface area contributed by atoms with Crippen LogP contribution in [0.2, 0.25) is 0 Å². The fourth-order valence-corrected chi connectivity index (χ4v) is 1.87. The van der Waals surface area contributed by atoms with Crippen molar-refractivity contribution < 1.29 is 4.74 Å². The lowest BCUT2D eigenvalue weighted by atomic mass is 10.2. The van der Waals surface area contributed by atoms with Gasteiger partial charge in [0.25, 0.3) is 0 Å². The molecule has 0 radical (unpaired) electrons. The van der Waals surface area contributed by atoms with Gasteiger partial charge in [0, 0.05) is 0 Å². The molecule has 0 heterocycles. The van der Waals surface area contributed by atoms with E-state index in [0.717, 1.165) is 30.2 Å². The summed E-state index contributed by atoms with van der Waals surface area (Å²) >= 11 is 0. The van der Waals surface area contributed by atoms with Gasteiger partial charge in [-0.05, 0) is 55.0 Å². The van der Waals surface area contributed by atoms with Crippen LogP contribution in [0, 0.1) is 11.3 Å². The summed E-state index contributed by atoms with van der Waals surface area (Å²) in [6, 6.07) is 16.6. The Morgan fingerprint density at radius 1 is 0.909 bits per heavy atom. The second kappa shape index (κ2) is 8.58. The molecular weight excluding hydrogens is 274 g/mol. The van der Waals surface area contributed by atoms with Gasteiger partial charge in [-0.25, -0.2) is 0 Å². The van der Waals surface area contributed by atoms with E-state index in [0.29, 0.717) is 5.56 Å². The van der Waals surface area contributed by atoms with Crippen LogP contribution in [0.1, 0.15) is 31.7 Å². The smallest absolute Gasteiger partial charge is 0.119 e. The molecule has 0 aliphatic rings. The van der Waals surface area contributed by atoms with Crippen LogP contribution in [-0.4, -0.2) is 6.61 Å². The zero-order valence-corrected chi connectivity index (χ0v) is 12.7. The first-order valence-electron chi connectivity index (χ1n) is 7.46. The lowest BCUT2D eigenvalue weighted by molar-refractivity contribution is 0.306. The van der Waals surface area contributed by atoms with E-state index in [-0.39, 0.29) is 0 Å². The van der Waals surface area contributed by atoms with Gasteiger partial charge < -0.3 is 4.74 Å². The van der Waals surface area contributed by atoms with E-state index in [1.165, 1.54) is 12.8 Å². The highest BCUT2D eigenvalue weighted by Crippen LogP contribution is 2.21. The van der Waals surface area contributed by atoms with E-state index < -0.39 is 0 Å². The van der Waals surface area contributed by atoms with Gasteiger partial charge in [-0.2, -0.15) is 15.5 Å². The van der Waals surface area contributed by atoms with Crippen molar-refractivity contribution in [2.45, 2.75) is 26.2 Å². The molecule has 0 saturated heterocycles. The van der Waals surface area contributed by atoms with Crippen LogP contribution in [0.4, 0.5) is 11.4 Å². The van der Waals surface area contributed by atoms with Crippen molar-refractivity contribution in [1.29, 1.82) is 5.26 Å². The number of rotatable bonds is 7. The highest BCUT2D eigenvalue weighted by atomic mass is 16.5. The second-order valence-corrected chi connectivity index (χ2v) is 4.91. The molecule has 0 N–H and O–H groups in total. The van der Waals surface area contributed by atoms with E-state index in [1.807, 2.05) is 24.3 Å². The Hall–Kier alpha value is -2.67. The van der Waals surface area contributed by atoms with Crippen molar-refractivity contribution in [3.8, 4) is 11.8 Å². The first-order valence-corrected chi connectivity index (χ1v) is 7.46. The van der Waals surface area contributed by atoms with Crippen molar-refractivity contribution in [2.75, 3.05) is 6.61 Å². The Balaban J connectivity index is 1.90. The molecule has 0 amide bonds. The lowest BCUT2D eigenvalue weighted by Gasteiger charge is -2.05. The zero-order valence-electron chi connectivity index (χ0n) is 12.7. The molecule has 2 aromatic carbocycles. The van der Waals surface area contributed by atoms with Crippen molar-refractivity contribution in [3.63, 3.8) is 0 Å². The fraction of sp³-hybridized carbons (Fsp3) is 0.278. The Morgan fingerprint density at radius 2 is 1.50 bits per heavy atom. The maximum Gasteiger partial charge on any atom is 0.119 e. The van der Waals surface area contributed by atoms with Crippen molar-refractivity contribution >= 4 is 11.4 Å². The molecule has 22 heavy (non-hydrogen) atoms. The summed E-state index contributed by atoms with van der Waals surface area (Å²) in [4.78, 5) is 0. The highest BCUT2D eigenvalue weighted by molar-refractivity contribution is 5.44. The van der Waals surface area contributed by atoms with Gasteiger partial charge in [0.15, 0.2) is 0 Å². The summed E-state index contributed by atoms with van der Waals surface area (Å²) in [5, 5.41) is 17.1. The summed E-state index contributed by atoms with van der Waals surface area (Å²) in [7, 11) is 0. The average Bonchev–Trinajstić information content (AvgIpc) is 2.58. The number of unbranched alkanes of at least 4 members (excludes halogenated alkanes) is 2. The summed E-state index contributed by atoms with van der Waals surface area (Å²) in [6.07, 6.45) is 3.46. The third-order valence-electron chi connectivity index (χ3n) is 3.13. The molecule has 0 spiro atoms. The van der Waals surface area contributed by atoms with Crippen LogP contribution in [0.25, 0.3) is 0 Å². The van der Waals surface area contributed by atoms with Crippen molar-refractivity contribution in [3.05, 3.63) is 54.1 Å². The second-order valence-electron chi connectivity index (χ2n) is 4.91. The Kier molecular flexibility index (Phi) is 6.13. The van der Waals surface area contributed by atoms with Crippen LogP contribution >= 0.6 is 0 Å². The first-order chi connectivity index (χ1) is 10.8. The van der Waals surface area contributed by atoms with Crippen molar-refractivity contribution in [2.24, 2.45) is 10.2 Å². The van der Waals surface area contributed by atoms with Crippen LogP contribution < -0.4 is 4.74 Å². The molecule has 0 unspecified atom stereocenters. The molecule has 2 aromatic rings. The Bertz CT molecular complexity index is 640. The Labute approximate surface area is 131 Å². The number of benzene rings is 2. The molecule has 4 heteroatoms. The van der Waals surface area contributed by atoms with Gasteiger partial charge in [0.1, 0.15) is 5.75 Å². The van der Waals surface area contributed by atoms with Gasteiger partial charge in [0.05, 0.1) is 29.6 Å². The molecule has 0 saturated carbocycles. The molecule has 2 rings (SSSR count). The van der Waals surface area contributed by atoms with E-state index in [2.05, 4.69) is 23.2 Å². The predicted molar refractivity (Wildman–Crippen MR) is 86.8 cm³/mol. The minimum absolute atomic E-state index is 0.614. The SMILES string of the molecule is CCCCCOc1ccc(N=Nc2ccc(C#N)cc2)cc1. The topological polar surface area (TPSA) is 57.7 Å². The predicted octanol–water partition coefficient (Wildman–Crippen LogP) is 5.54. The molecule has 4 nitrogen and oxygen atoms in total. The van der Waals surface area contributed by atoms with E-state index >= 15 is 0 Å². The number of hydrogen-bond acceptors (Lipinski definition) is 4. The summed E-state index contributed by atoms with van der Waals surface area (Å²) in [5.41, 5.74) is 2.10. The van der Waals surface area contributed by atoms with Crippen LogP contribution in [0.15, 0.2) is 58.8 Å². The van der Waals surface area contributed by atoms with Crippen LogP contribution in [0.5, 0.6) is 5.75 Å². The first kappa shape index (κ1) is 15.7. The average molecular weight is 293 g/mol. The third kappa shape index (κ3) is 5.02. The maximum absolute atomic E-state index is 8.74. The number of nitrogens with zero attached hydrogens (tertiary/aromatic N) is 3. The lowest BCUT2D eigenvalue weighted by Crippen LogP contribution is -1.96. The molecular formula is C18H19N3O. The number of nitriles is 1. The summed E-state index contributed by atoms with van der Waals surface area (Å²) < 4.78 is 5.65. The Morgan fingerprint density at radius 3 is 2.05 bits per heavy atom. The number of azo groups is 1. The zero-order chi connectivity index (χ0) is 15.6. The largest absolute Gasteiger partial charge is 0.494 e. The summed E-state index contributed by atoms with van der Waals surface area (Å²) in [6.45, 7) is 2.92.